The van der Waals surface area contributed by atoms with E-state index in [0.717, 1.165) is 6.92 Å². The van der Waals surface area contributed by atoms with Crippen molar-refractivity contribution in [1.29, 1.82) is 0 Å². The Morgan fingerprint density at radius 3 is 0.914 bits per heavy atom. The minimum Gasteiger partial charge on any atom is -0.481 e. The number of carboxylic acids is 11. The number of rotatable bonds is 4. The Morgan fingerprint density at radius 2 is 0.724 bits per heavy atom. The van der Waals surface area contributed by atoms with Gasteiger partial charge in [-0.1, -0.05) is 31.2 Å². The first-order valence-corrected chi connectivity index (χ1v) is 13.8. The number of hydrogen-bond acceptors (Lipinski definition) is 17. The van der Waals surface area contributed by atoms with E-state index in [-0.39, 0.29) is 5.91 Å². The molecule has 18 N–H and O–H groups in total. The molecule has 0 aliphatic rings. The fourth-order valence-electron chi connectivity index (χ4n) is 1.75. The van der Waals surface area contributed by atoms with Gasteiger partial charge in [0.1, 0.15) is 0 Å². The number of hydrogen-bond donors (Lipinski definition) is 17. The van der Waals surface area contributed by atoms with Gasteiger partial charge in [0.15, 0.2) is 0 Å². The van der Waals surface area contributed by atoms with Crippen LogP contribution in [0, 0.1) is 0 Å². The molecule has 0 aromatic heterocycles. The number of anilines is 2. The highest BCUT2D eigenvalue weighted by atomic mass is 16.5. The summed E-state index contributed by atoms with van der Waals surface area (Å²) in [6.45, 7) is 2.83. The van der Waals surface area contributed by atoms with Crippen LogP contribution in [0.3, 0.4) is 0 Å². The van der Waals surface area contributed by atoms with Crippen molar-refractivity contribution in [2.24, 2.45) is 0 Å². The summed E-state index contributed by atoms with van der Waals surface area (Å²) in [6.07, 6.45) is 0.395. The molecule has 2 rings (SSSR count). The number of carbonyl (C=O) groups is 12. The van der Waals surface area contributed by atoms with E-state index in [1.54, 1.807) is 43.3 Å². The van der Waals surface area contributed by atoms with Gasteiger partial charge in [-0.05, 0) is 35.2 Å². The second-order valence-corrected chi connectivity index (χ2v) is 8.52. The number of nitrogen functional groups attached to an aromatic ring is 1. The highest BCUT2D eigenvalue weighted by Crippen LogP contribution is 2.04. The lowest BCUT2D eigenvalue weighted by atomic mass is 9.80. The van der Waals surface area contributed by atoms with Crippen molar-refractivity contribution in [2.75, 3.05) is 11.1 Å². The van der Waals surface area contributed by atoms with Crippen LogP contribution in [0.25, 0.3) is 0 Å². The van der Waals surface area contributed by atoms with Crippen molar-refractivity contribution < 1.29 is 134 Å². The van der Waals surface area contributed by atoms with Crippen molar-refractivity contribution in [3.8, 4) is 0 Å². The molecule has 2 aromatic carbocycles. The fourth-order valence-corrected chi connectivity index (χ4v) is 1.75. The van der Waals surface area contributed by atoms with Crippen LogP contribution in [0.1, 0.15) is 20.3 Å². The Labute approximate surface area is 322 Å². The monoisotopic (exact) mass is 840 g/mol. The van der Waals surface area contributed by atoms with Gasteiger partial charge < -0.3 is 87.3 Å². The molecule has 0 unspecified atom stereocenters. The number of aliphatic carboxylic acids is 11. The summed E-state index contributed by atoms with van der Waals surface area (Å²) in [4.78, 5) is 111. The average molecular weight is 840 g/mol. The Balaban J connectivity index is -0.000000138. The smallest absolute Gasteiger partial charge is 0.481 e. The lowest BCUT2D eigenvalue weighted by molar-refractivity contribution is -0.159. The van der Waals surface area contributed by atoms with E-state index in [1.165, 1.54) is 12.1 Å². The molecule has 0 heterocycles. The van der Waals surface area contributed by atoms with Crippen LogP contribution in [0.15, 0.2) is 48.5 Å². The molecule has 0 bridgehead atoms. The second-order valence-electron chi connectivity index (χ2n) is 8.52. The molecule has 29 nitrogen and oxygen atoms in total. The van der Waals surface area contributed by atoms with Gasteiger partial charge >= 0.3 is 73.9 Å². The Kier molecular flexibility index (Phi) is 38.2. The molecule has 320 valence electrons. The van der Waals surface area contributed by atoms with Crippen molar-refractivity contribution in [3.63, 3.8) is 0 Å². The van der Waals surface area contributed by atoms with Gasteiger partial charge in [-0.25, -0.2) is 47.9 Å². The number of carbonyl (C=O) groups excluding carboxylic acids is 1. The first-order chi connectivity index (χ1) is 26.3. The van der Waals surface area contributed by atoms with Gasteiger partial charge in [0.25, 0.3) is 5.97 Å². The molecule has 0 radical (unpaired) electrons. The van der Waals surface area contributed by atoms with Crippen LogP contribution >= 0.6 is 0 Å². The zero-order chi connectivity index (χ0) is 47.5. The summed E-state index contributed by atoms with van der Waals surface area (Å²) in [7, 11) is -2.93. The SMILES string of the molecule is CC(=O)O.CCC(=O)Nc1cccc(B(O)O)c1.Nc1cccc(B(O)O)c1.O=C(O)C(=O)O.O=C(O)C(=O)O.O=C(O)C(=O)O.O=C(O)C(=O)O.O=C(O)C(=O)O. The molecular formula is C27H34B2N2O27. The normalized spacial score (nSPS) is 8.17. The molecule has 0 saturated carbocycles. The Hall–Kier alpha value is -8.15. The maximum atomic E-state index is 11.0. The van der Waals surface area contributed by atoms with Crippen LogP contribution in [-0.4, -0.2) is 162 Å². The fraction of sp³-hybridized carbons (Fsp3) is 0.111. The van der Waals surface area contributed by atoms with Gasteiger partial charge in [0, 0.05) is 24.7 Å². The van der Waals surface area contributed by atoms with Gasteiger partial charge in [0.05, 0.1) is 0 Å². The molecule has 0 fully saturated rings. The Morgan fingerprint density at radius 1 is 0.483 bits per heavy atom. The zero-order valence-corrected chi connectivity index (χ0v) is 29.2. The molecule has 0 aliphatic heterocycles. The summed E-state index contributed by atoms with van der Waals surface area (Å²) >= 11 is 0. The molecule has 58 heavy (non-hydrogen) atoms. The minimum absolute atomic E-state index is 0.102. The molecule has 0 atom stereocenters. The van der Waals surface area contributed by atoms with E-state index in [2.05, 4.69) is 5.32 Å². The number of nitrogens with two attached hydrogens (primary N) is 1. The van der Waals surface area contributed by atoms with Crippen molar-refractivity contribution in [3.05, 3.63) is 48.5 Å². The highest BCUT2D eigenvalue weighted by Gasteiger charge is 2.11. The maximum Gasteiger partial charge on any atom is 0.488 e. The summed E-state index contributed by atoms with van der Waals surface area (Å²) in [5.74, 6) is -19.2. The Bertz CT molecular complexity index is 1510. The topological polar surface area (TPSA) is 546 Å². The largest absolute Gasteiger partial charge is 0.488 e. The zero-order valence-electron chi connectivity index (χ0n) is 29.2. The summed E-state index contributed by atoms with van der Waals surface area (Å²) in [5, 5.41) is 119. The van der Waals surface area contributed by atoms with E-state index < -0.39 is 79.9 Å². The molecule has 1 amide bonds. The van der Waals surface area contributed by atoms with Gasteiger partial charge in [0.2, 0.25) is 5.91 Å². The van der Waals surface area contributed by atoms with E-state index in [1.807, 2.05) is 0 Å². The predicted octanol–water partition coefficient (Wildman–Crippen LogP) is -5.47. The number of carboxylic acid groups (broad SMARTS) is 11. The van der Waals surface area contributed by atoms with E-state index in [0.29, 0.717) is 28.7 Å². The van der Waals surface area contributed by atoms with Crippen LogP contribution in [0.5, 0.6) is 0 Å². The number of benzene rings is 2. The van der Waals surface area contributed by atoms with Crippen LogP contribution in [0.2, 0.25) is 0 Å². The van der Waals surface area contributed by atoms with Gasteiger partial charge in [-0.15, -0.1) is 0 Å². The quantitative estimate of drug-likeness (QED) is 0.0776. The third-order valence-corrected chi connectivity index (χ3v) is 3.91. The van der Waals surface area contributed by atoms with E-state index in [9.17, 15) is 4.79 Å². The van der Waals surface area contributed by atoms with Gasteiger partial charge in [-0.2, -0.15) is 0 Å². The molecule has 0 spiro atoms. The summed E-state index contributed by atoms with van der Waals surface area (Å²) < 4.78 is 0. The maximum absolute atomic E-state index is 11.0. The van der Waals surface area contributed by atoms with E-state index >= 15 is 0 Å². The minimum atomic E-state index is -1.82. The lowest BCUT2D eigenvalue weighted by Gasteiger charge is -2.05. The molecule has 0 aliphatic carbocycles. The number of amides is 1. The summed E-state index contributed by atoms with van der Waals surface area (Å²) in [5.41, 5.74) is 7.26. The van der Waals surface area contributed by atoms with Crippen molar-refractivity contribution >= 4 is 108 Å². The molecular weight excluding hydrogens is 806 g/mol. The standard InChI is InChI=1S/C9H12BNO3.C6H8BNO2.5C2H2O4.C2H4O2/c1-2-9(12)11-8-5-3-4-7(6-8)10(13)14;8-6-3-1-2-5(4-6)7(9)10;5*3-1(4)2(5)6;1-2(3)4/h3-6,13-14H,2H2,1H3,(H,11,12);1-4,9-10H,8H2;5*(H,3,4)(H,5,6);1H3,(H,3,4). The summed E-state index contributed by atoms with van der Waals surface area (Å²) in [6, 6.07) is 12.9. The average Bonchev–Trinajstić information content (AvgIpc) is 3.09. The highest BCUT2D eigenvalue weighted by molar-refractivity contribution is 6.59. The van der Waals surface area contributed by atoms with Gasteiger partial charge in [-0.3, -0.25) is 9.59 Å². The van der Waals surface area contributed by atoms with E-state index in [4.69, 9.17) is 135 Å². The lowest BCUT2D eigenvalue weighted by Crippen LogP contribution is -2.30. The van der Waals surface area contributed by atoms with Crippen LogP contribution < -0.4 is 22.0 Å². The second kappa shape index (κ2) is 35.9. The predicted molar refractivity (Wildman–Crippen MR) is 186 cm³/mol. The van der Waals surface area contributed by atoms with Crippen LogP contribution in [0.4, 0.5) is 11.4 Å². The molecule has 0 saturated heterocycles. The number of nitrogens with one attached hydrogen (secondary N) is 1. The van der Waals surface area contributed by atoms with Crippen molar-refractivity contribution in [1.82, 2.24) is 0 Å². The van der Waals surface area contributed by atoms with Crippen LogP contribution in [-0.2, 0) is 57.5 Å². The first kappa shape index (κ1) is 61.9. The first-order valence-electron chi connectivity index (χ1n) is 13.8. The van der Waals surface area contributed by atoms with Crippen molar-refractivity contribution in [2.45, 2.75) is 20.3 Å². The molecule has 31 heteroatoms. The third-order valence-electron chi connectivity index (χ3n) is 3.91. The molecule has 2 aromatic rings. The third kappa shape index (κ3) is 50.0.